The fraction of sp³-hybridized carbons (Fsp3) is 0.562. The van der Waals surface area contributed by atoms with Crippen LogP contribution in [0, 0.1) is 20.8 Å². The number of likely N-dealkylation sites (N-methyl/N-ethyl adjacent to an activating group) is 1. The molecule has 20 heavy (non-hydrogen) atoms. The Hall–Kier alpha value is -1.39. The van der Waals surface area contributed by atoms with Gasteiger partial charge >= 0.3 is 0 Å². The van der Waals surface area contributed by atoms with Crippen LogP contribution in [0.25, 0.3) is 0 Å². The van der Waals surface area contributed by atoms with Gasteiger partial charge in [-0.25, -0.2) is 0 Å². The van der Waals surface area contributed by atoms with Gasteiger partial charge in [-0.1, -0.05) is 17.7 Å². The third-order valence-corrected chi connectivity index (χ3v) is 4.10. The fourth-order valence-corrected chi connectivity index (χ4v) is 3.02. The highest BCUT2D eigenvalue weighted by Gasteiger charge is 2.28. The summed E-state index contributed by atoms with van der Waals surface area (Å²) in [5.41, 5.74) is 5.28. The maximum atomic E-state index is 12.0. The summed E-state index contributed by atoms with van der Waals surface area (Å²) >= 11 is 0. The molecule has 1 unspecified atom stereocenters. The molecule has 1 heterocycles. The summed E-state index contributed by atoms with van der Waals surface area (Å²) in [4.78, 5) is 14.3. The Morgan fingerprint density at radius 3 is 2.60 bits per heavy atom. The van der Waals surface area contributed by atoms with Gasteiger partial charge in [-0.15, -0.1) is 0 Å². The van der Waals surface area contributed by atoms with Crippen LogP contribution < -0.4 is 10.6 Å². The van der Waals surface area contributed by atoms with E-state index in [9.17, 15) is 4.79 Å². The number of hydrogen-bond acceptors (Lipinski definition) is 3. The summed E-state index contributed by atoms with van der Waals surface area (Å²) in [5.74, 6) is 0.0969. The van der Waals surface area contributed by atoms with E-state index in [-0.39, 0.29) is 11.9 Å². The summed E-state index contributed by atoms with van der Waals surface area (Å²) in [6.45, 7) is 9.87. The first-order valence-electron chi connectivity index (χ1n) is 7.26. The van der Waals surface area contributed by atoms with E-state index in [1.165, 1.54) is 22.3 Å². The average Bonchev–Trinajstić information content (AvgIpc) is 2.42. The molecule has 0 bridgehead atoms. The minimum Gasteiger partial charge on any atom is -0.358 e. The zero-order chi connectivity index (χ0) is 14.7. The molecule has 1 aromatic rings. The molecule has 0 saturated carbocycles. The molecule has 1 amide bonds. The Morgan fingerprint density at radius 2 is 2.00 bits per heavy atom. The second kappa shape index (κ2) is 6.37. The molecular formula is C16H25N3O. The lowest BCUT2D eigenvalue weighted by atomic mass is 9.98. The lowest BCUT2D eigenvalue weighted by Gasteiger charge is -2.35. The predicted octanol–water partition coefficient (Wildman–Crippen LogP) is 1.13. The average molecular weight is 275 g/mol. The van der Waals surface area contributed by atoms with Crippen molar-refractivity contribution >= 4 is 5.91 Å². The van der Waals surface area contributed by atoms with Crippen molar-refractivity contribution in [3.63, 3.8) is 0 Å². The lowest BCUT2D eigenvalue weighted by Crippen LogP contribution is -2.57. The van der Waals surface area contributed by atoms with Crippen LogP contribution in [-0.2, 0) is 11.3 Å². The van der Waals surface area contributed by atoms with Crippen molar-refractivity contribution < 1.29 is 4.79 Å². The number of carbonyl (C=O) groups excluding carboxylic acids is 1. The molecule has 4 heteroatoms. The van der Waals surface area contributed by atoms with Crippen molar-refractivity contribution in [2.24, 2.45) is 0 Å². The van der Waals surface area contributed by atoms with Crippen molar-refractivity contribution in [3.05, 3.63) is 34.4 Å². The highest BCUT2D eigenvalue weighted by molar-refractivity contribution is 5.81. The number of hydrogen-bond donors (Lipinski definition) is 2. The monoisotopic (exact) mass is 275 g/mol. The maximum Gasteiger partial charge on any atom is 0.238 e. The van der Waals surface area contributed by atoms with Crippen molar-refractivity contribution in [2.45, 2.75) is 33.4 Å². The van der Waals surface area contributed by atoms with Gasteiger partial charge in [0.1, 0.15) is 6.04 Å². The number of benzene rings is 1. The van der Waals surface area contributed by atoms with E-state index in [0.29, 0.717) is 0 Å². The van der Waals surface area contributed by atoms with E-state index >= 15 is 0 Å². The normalized spacial score (nSPS) is 19.9. The number of amides is 1. The first kappa shape index (κ1) is 15.0. The molecule has 1 aliphatic heterocycles. The molecule has 0 aromatic heterocycles. The van der Waals surface area contributed by atoms with E-state index in [2.05, 4.69) is 48.4 Å². The number of nitrogens with one attached hydrogen (secondary N) is 2. The van der Waals surface area contributed by atoms with E-state index < -0.39 is 0 Å². The Balaban J connectivity index is 2.21. The molecule has 2 N–H and O–H groups in total. The molecule has 1 aromatic carbocycles. The second-order valence-electron chi connectivity index (χ2n) is 5.68. The van der Waals surface area contributed by atoms with Gasteiger partial charge in [0.25, 0.3) is 0 Å². The van der Waals surface area contributed by atoms with Crippen LogP contribution in [0.2, 0.25) is 0 Å². The van der Waals surface area contributed by atoms with Gasteiger partial charge in [-0.05, 0) is 37.5 Å². The highest BCUT2D eigenvalue weighted by atomic mass is 16.2. The molecule has 4 nitrogen and oxygen atoms in total. The minimum absolute atomic E-state index is 0.0751. The van der Waals surface area contributed by atoms with Gasteiger partial charge in [0, 0.05) is 33.2 Å². The van der Waals surface area contributed by atoms with E-state index in [4.69, 9.17) is 0 Å². The number of rotatable bonds is 3. The molecule has 110 valence electrons. The number of aryl methyl sites for hydroxylation is 3. The van der Waals surface area contributed by atoms with Crippen LogP contribution in [0.1, 0.15) is 22.3 Å². The molecular weight excluding hydrogens is 250 g/mol. The summed E-state index contributed by atoms with van der Waals surface area (Å²) in [6, 6.07) is 4.37. The summed E-state index contributed by atoms with van der Waals surface area (Å²) in [6.07, 6.45) is 0. The quantitative estimate of drug-likeness (QED) is 0.869. The number of nitrogens with zero attached hydrogens (tertiary/aromatic N) is 1. The number of carbonyl (C=O) groups is 1. The van der Waals surface area contributed by atoms with Crippen LogP contribution in [0.3, 0.4) is 0 Å². The molecule has 1 fully saturated rings. The Kier molecular flexibility index (Phi) is 4.78. The smallest absolute Gasteiger partial charge is 0.238 e. The molecule has 2 rings (SSSR count). The van der Waals surface area contributed by atoms with Gasteiger partial charge in [0.05, 0.1) is 0 Å². The first-order chi connectivity index (χ1) is 9.52. The minimum atomic E-state index is -0.0751. The zero-order valence-corrected chi connectivity index (χ0v) is 12.9. The topological polar surface area (TPSA) is 44.4 Å². The van der Waals surface area contributed by atoms with Gasteiger partial charge in [0.15, 0.2) is 0 Å². The third kappa shape index (κ3) is 3.19. The van der Waals surface area contributed by atoms with Crippen molar-refractivity contribution in [1.82, 2.24) is 15.5 Å². The second-order valence-corrected chi connectivity index (χ2v) is 5.68. The lowest BCUT2D eigenvalue weighted by molar-refractivity contribution is -0.126. The third-order valence-electron chi connectivity index (χ3n) is 4.10. The molecule has 1 saturated heterocycles. The van der Waals surface area contributed by atoms with Crippen molar-refractivity contribution in [1.29, 1.82) is 0 Å². The van der Waals surface area contributed by atoms with Crippen LogP contribution in [-0.4, -0.2) is 43.5 Å². The predicted molar refractivity (Wildman–Crippen MR) is 81.8 cm³/mol. The Bertz CT molecular complexity index is 475. The molecule has 0 radical (unpaired) electrons. The summed E-state index contributed by atoms with van der Waals surface area (Å²) in [7, 11) is 1.71. The van der Waals surface area contributed by atoms with Crippen LogP contribution in [0.5, 0.6) is 0 Å². The fourth-order valence-electron chi connectivity index (χ4n) is 3.02. The van der Waals surface area contributed by atoms with E-state index in [1.807, 2.05) is 0 Å². The first-order valence-corrected chi connectivity index (χ1v) is 7.26. The van der Waals surface area contributed by atoms with E-state index in [1.54, 1.807) is 7.05 Å². The SMILES string of the molecule is CNC(=O)C1CNCCN1Cc1c(C)cc(C)cc1C. The van der Waals surface area contributed by atoms with Gasteiger partial charge in [-0.2, -0.15) is 0 Å². The standard InChI is InChI=1S/C16H25N3O/c1-11-7-12(2)14(13(3)8-11)10-19-6-5-18-9-15(19)16(20)17-4/h7-8,15,18H,5-6,9-10H2,1-4H3,(H,17,20). The molecule has 0 aliphatic carbocycles. The van der Waals surface area contributed by atoms with Gasteiger partial charge in [-0.3, -0.25) is 9.69 Å². The Labute approximate surface area is 121 Å². The van der Waals surface area contributed by atoms with Crippen molar-refractivity contribution in [3.8, 4) is 0 Å². The maximum absolute atomic E-state index is 12.0. The highest BCUT2D eigenvalue weighted by Crippen LogP contribution is 2.20. The summed E-state index contributed by atoms with van der Waals surface area (Å²) in [5, 5.41) is 6.07. The van der Waals surface area contributed by atoms with Crippen LogP contribution in [0.15, 0.2) is 12.1 Å². The zero-order valence-electron chi connectivity index (χ0n) is 12.9. The van der Waals surface area contributed by atoms with Gasteiger partial charge in [0.2, 0.25) is 5.91 Å². The molecule has 1 atom stereocenters. The van der Waals surface area contributed by atoms with E-state index in [0.717, 1.165) is 26.2 Å². The van der Waals surface area contributed by atoms with Gasteiger partial charge < -0.3 is 10.6 Å². The van der Waals surface area contributed by atoms with Crippen molar-refractivity contribution in [2.75, 3.05) is 26.7 Å². The largest absolute Gasteiger partial charge is 0.358 e. The molecule has 1 aliphatic rings. The van der Waals surface area contributed by atoms with Crippen LogP contribution >= 0.6 is 0 Å². The number of piperazine rings is 1. The van der Waals surface area contributed by atoms with Crippen LogP contribution in [0.4, 0.5) is 0 Å². The molecule has 0 spiro atoms. The Morgan fingerprint density at radius 1 is 1.35 bits per heavy atom. The summed E-state index contributed by atoms with van der Waals surface area (Å²) < 4.78 is 0.